The number of ether oxygens (including phenoxy) is 1. The molecule has 1 heterocycles. The number of nitrogens with zero attached hydrogens (tertiary/aromatic N) is 1. The van der Waals surface area contributed by atoms with Gasteiger partial charge in [0, 0.05) is 6.20 Å². The normalized spacial score (nSPS) is 25.2. The molecule has 1 aliphatic rings. The lowest BCUT2D eigenvalue weighted by molar-refractivity contribution is 0.0531. The lowest BCUT2D eigenvalue weighted by Crippen LogP contribution is -2.35. The molecular formula is C16H25N3O. The predicted molar refractivity (Wildman–Crippen MR) is 81.2 cm³/mol. The minimum absolute atomic E-state index is 0.0220. The van der Waals surface area contributed by atoms with Gasteiger partial charge in [-0.2, -0.15) is 0 Å². The molecule has 2 unspecified atom stereocenters. The van der Waals surface area contributed by atoms with Crippen LogP contribution in [0.4, 0.5) is 0 Å². The molecule has 110 valence electrons. The van der Waals surface area contributed by atoms with Crippen molar-refractivity contribution < 1.29 is 4.74 Å². The van der Waals surface area contributed by atoms with E-state index in [1.54, 1.807) is 6.20 Å². The summed E-state index contributed by atoms with van der Waals surface area (Å²) in [5.74, 6) is 1.18. The third-order valence-corrected chi connectivity index (χ3v) is 4.02. The Kier molecular flexibility index (Phi) is 4.02. The molecule has 0 bridgehead atoms. The first-order chi connectivity index (χ1) is 9.28. The first-order valence-corrected chi connectivity index (χ1v) is 7.25. The van der Waals surface area contributed by atoms with Crippen molar-refractivity contribution in [2.75, 3.05) is 0 Å². The molecule has 0 radical (unpaired) electrons. The molecule has 1 aromatic rings. The van der Waals surface area contributed by atoms with E-state index in [9.17, 15) is 0 Å². The van der Waals surface area contributed by atoms with Gasteiger partial charge in [0.25, 0.3) is 0 Å². The second-order valence-corrected chi connectivity index (χ2v) is 6.87. The van der Waals surface area contributed by atoms with Crippen LogP contribution < -0.4 is 10.5 Å². The number of hydrogen-bond acceptors (Lipinski definition) is 3. The highest BCUT2D eigenvalue weighted by atomic mass is 16.5. The molecular weight excluding hydrogens is 250 g/mol. The number of aromatic nitrogens is 1. The molecule has 20 heavy (non-hydrogen) atoms. The molecule has 0 saturated heterocycles. The first-order valence-electron chi connectivity index (χ1n) is 7.25. The van der Waals surface area contributed by atoms with Crippen LogP contribution in [0.1, 0.15) is 51.2 Å². The van der Waals surface area contributed by atoms with Gasteiger partial charge in [-0.05, 0) is 49.1 Å². The summed E-state index contributed by atoms with van der Waals surface area (Å²) in [7, 11) is 0. The van der Waals surface area contributed by atoms with Crippen LogP contribution in [0.3, 0.4) is 0 Å². The largest absolute Gasteiger partial charge is 0.474 e. The van der Waals surface area contributed by atoms with Crippen molar-refractivity contribution in [3.05, 3.63) is 23.4 Å². The lowest BCUT2D eigenvalue weighted by Gasteiger charge is -2.38. The van der Waals surface area contributed by atoms with E-state index in [4.69, 9.17) is 15.9 Å². The number of amidine groups is 1. The van der Waals surface area contributed by atoms with Crippen molar-refractivity contribution in [3.63, 3.8) is 0 Å². The van der Waals surface area contributed by atoms with Crippen molar-refractivity contribution in [2.45, 2.75) is 53.1 Å². The Hall–Kier alpha value is -1.58. The zero-order valence-corrected chi connectivity index (χ0v) is 12.9. The van der Waals surface area contributed by atoms with Crippen LogP contribution in [-0.2, 0) is 0 Å². The average Bonchev–Trinajstić information content (AvgIpc) is 2.25. The van der Waals surface area contributed by atoms with Crippen molar-refractivity contribution in [2.24, 2.45) is 17.1 Å². The summed E-state index contributed by atoms with van der Waals surface area (Å²) in [6, 6.07) is 1.86. The molecule has 1 aromatic heterocycles. The second kappa shape index (κ2) is 5.43. The Labute approximate surface area is 121 Å². The van der Waals surface area contributed by atoms with Crippen LogP contribution in [0.5, 0.6) is 5.88 Å². The fourth-order valence-electron chi connectivity index (χ4n) is 3.46. The molecule has 4 heteroatoms. The van der Waals surface area contributed by atoms with Gasteiger partial charge in [0.05, 0.1) is 5.56 Å². The summed E-state index contributed by atoms with van der Waals surface area (Å²) in [5, 5.41) is 7.71. The van der Waals surface area contributed by atoms with Gasteiger partial charge in [0.15, 0.2) is 0 Å². The number of hydrogen-bond donors (Lipinski definition) is 2. The molecule has 0 aliphatic heterocycles. The molecule has 4 nitrogen and oxygen atoms in total. The topological polar surface area (TPSA) is 72.0 Å². The Balaban J connectivity index is 2.22. The smallest absolute Gasteiger partial charge is 0.225 e. The van der Waals surface area contributed by atoms with Crippen LogP contribution in [0, 0.1) is 23.7 Å². The summed E-state index contributed by atoms with van der Waals surface area (Å²) in [6.45, 7) is 8.77. The van der Waals surface area contributed by atoms with Crippen LogP contribution >= 0.6 is 0 Å². The molecule has 1 aliphatic carbocycles. The van der Waals surface area contributed by atoms with Gasteiger partial charge in [-0.15, -0.1) is 0 Å². The predicted octanol–water partition coefficient (Wildman–Crippen LogP) is 3.27. The van der Waals surface area contributed by atoms with E-state index in [1.165, 1.54) is 6.42 Å². The lowest BCUT2D eigenvalue weighted by atomic mass is 9.71. The quantitative estimate of drug-likeness (QED) is 0.657. The summed E-state index contributed by atoms with van der Waals surface area (Å²) in [4.78, 5) is 4.28. The van der Waals surface area contributed by atoms with Crippen molar-refractivity contribution in [1.29, 1.82) is 5.41 Å². The Morgan fingerprint density at radius 1 is 1.45 bits per heavy atom. The summed E-state index contributed by atoms with van der Waals surface area (Å²) in [6.07, 6.45) is 5.16. The number of nitrogens with one attached hydrogen (secondary N) is 1. The van der Waals surface area contributed by atoms with Crippen molar-refractivity contribution in [3.8, 4) is 5.88 Å². The van der Waals surface area contributed by atoms with Gasteiger partial charge in [-0.1, -0.05) is 20.8 Å². The van der Waals surface area contributed by atoms with E-state index in [0.717, 1.165) is 18.4 Å². The standard InChI is InChI=1S/C16H25N3O/c1-10-7-12(9-16(3,4)8-10)20-15-13(14(17)18)11(2)5-6-19-15/h5-6,10,12H,7-9H2,1-4H3,(H3,17,18). The van der Waals surface area contributed by atoms with E-state index in [-0.39, 0.29) is 11.9 Å². The minimum Gasteiger partial charge on any atom is -0.474 e. The minimum atomic E-state index is 0.0220. The summed E-state index contributed by atoms with van der Waals surface area (Å²) >= 11 is 0. The van der Waals surface area contributed by atoms with E-state index < -0.39 is 0 Å². The SMILES string of the molecule is Cc1ccnc(OC2CC(C)CC(C)(C)C2)c1C(=N)N. The maximum absolute atomic E-state index is 7.71. The van der Waals surface area contributed by atoms with E-state index in [0.29, 0.717) is 22.8 Å². The fourth-order valence-corrected chi connectivity index (χ4v) is 3.46. The molecule has 1 saturated carbocycles. The third-order valence-electron chi connectivity index (χ3n) is 4.02. The molecule has 0 spiro atoms. The Morgan fingerprint density at radius 3 is 2.75 bits per heavy atom. The van der Waals surface area contributed by atoms with Gasteiger partial charge in [-0.25, -0.2) is 4.98 Å². The molecule has 0 aromatic carbocycles. The summed E-state index contributed by atoms with van der Waals surface area (Å²) < 4.78 is 6.10. The molecule has 1 fully saturated rings. The molecule has 2 rings (SSSR count). The van der Waals surface area contributed by atoms with Crippen LogP contribution in [0.25, 0.3) is 0 Å². The fraction of sp³-hybridized carbons (Fsp3) is 0.625. The van der Waals surface area contributed by atoms with Gasteiger partial charge < -0.3 is 10.5 Å². The number of aryl methyl sites for hydroxylation is 1. The highest BCUT2D eigenvalue weighted by molar-refractivity contribution is 5.98. The van der Waals surface area contributed by atoms with Crippen molar-refractivity contribution >= 4 is 5.84 Å². The zero-order valence-electron chi connectivity index (χ0n) is 12.9. The highest BCUT2D eigenvalue weighted by Gasteiger charge is 2.33. The Morgan fingerprint density at radius 2 is 2.15 bits per heavy atom. The summed E-state index contributed by atoms with van der Waals surface area (Å²) in [5.41, 5.74) is 7.52. The van der Waals surface area contributed by atoms with Gasteiger partial charge >= 0.3 is 0 Å². The maximum atomic E-state index is 7.71. The monoisotopic (exact) mass is 275 g/mol. The highest BCUT2D eigenvalue weighted by Crippen LogP contribution is 2.40. The number of rotatable bonds is 3. The molecule has 3 N–H and O–H groups in total. The van der Waals surface area contributed by atoms with E-state index >= 15 is 0 Å². The van der Waals surface area contributed by atoms with Gasteiger partial charge in [-0.3, -0.25) is 5.41 Å². The zero-order chi connectivity index (χ0) is 14.9. The third kappa shape index (κ3) is 3.30. The Bertz CT molecular complexity index is 510. The van der Waals surface area contributed by atoms with Crippen molar-refractivity contribution in [1.82, 2.24) is 4.98 Å². The number of nitrogen functional groups attached to an aromatic ring is 1. The van der Waals surface area contributed by atoms with Crippen LogP contribution in [0.15, 0.2) is 12.3 Å². The maximum Gasteiger partial charge on any atom is 0.225 e. The van der Waals surface area contributed by atoms with E-state index in [2.05, 4.69) is 25.8 Å². The van der Waals surface area contributed by atoms with Gasteiger partial charge in [0.1, 0.15) is 11.9 Å². The van der Waals surface area contributed by atoms with Gasteiger partial charge in [0.2, 0.25) is 5.88 Å². The second-order valence-electron chi connectivity index (χ2n) is 6.87. The average molecular weight is 275 g/mol. The molecule has 0 amide bonds. The van der Waals surface area contributed by atoms with E-state index in [1.807, 2.05) is 13.0 Å². The first kappa shape index (κ1) is 14.8. The number of nitrogens with two attached hydrogens (primary N) is 1. The van der Waals surface area contributed by atoms with Crippen LogP contribution in [-0.4, -0.2) is 16.9 Å². The molecule has 2 atom stereocenters. The van der Waals surface area contributed by atoms with Crippen LogP contribution in [0.2, 0.25) is 0 Å². The number of pyridine rings is 1.